The van der Waals surface area contributed by atoms with Gasteiger partial charge in [0.25, 0.3) is 0 Å². The Kier molecular flexibility index (Phi) is 18.2. The third kappa shape index (κ3) is 13.2. The molecule has 0 nitrogen and oxygen atoms in total. The van der Waals surface area contributed by atoms with E-state index in [1.54, 1.807) is 12.1 Å². The molecule has 0 atom stereocenters. The van der Waals surface area contributed by atoms with Crippen LogP contribution in [0.3, 0.4) is 0 Å². The average Bonchev–Trinajstić information content (AvgIpc) is 3.37. The zero-order valence-corrected chi connectivity index (χ0v) is 23.4. The van der Waals surface area contributed by atoms with Gasteiger partial charge in [0.1, 0.15) is 5.82 Å². The van der Waals surface area contributed by atoms with E-state index in [-0.39, 0.29) is 20.7 Å². The summed E-state index contributed by atoms with van der Waals surface area (Å²) in [7, 11) is 9.87. The molecule has 0 spiro atoms. The number of rotatable bonds is 4. The summed E-state index contributed by atoms with van der Waals surface area (Å²) >= 11 is -0.826. The normalized spacial score (nSPS) is 15.4. The van der Waals surface area contributed by atoms with Crippen LogP contribution in [0, 0.1) is 39.4 Å². The molecule has 0 bridgehead atoms. The zero-order chi connectivity index (χ0) is 20.9. The molecule has 4 heteroatoms. The van der Waals surface area contributed by atoms with E-state index in [0.29, 0.717) is 0 Å². The van der Waals surface area contributed by atoms with Gasteiger partial charge in [-0.25, -0.2) is 4.39 Å². The summed E-state index contributed by atoms with van der Waals surface area (Å²) in [5, 5.41) is 0. The van der Waals surface area contributed by atoms with Crippen LogP contribution in [0.2, 0.25) is 0 Å². The second-order valence-electron chi connectivity index (χ2n) is 8.40. The summed E-state index contributed by atoms with van der Waals surface area (Å²) in [6, 6.07) is 16.0. The van der Waals surface area contributed by atoms with Crippen LogP contribution in [0.5, 0.6) is 0 Å². The Morgan fingerprint density at radius 2 is 1.19 bits per heavy atom. The SMILES string of the molecule is Cc1cccc(CC2CCCC2)c1.Fc1cccc(CC2CCCC2)c1.[CH3-].[CH3-].[Cl][Zr+2][Cl]. The van der Waals surface area contributed by atoms with Crippen molar-refractivity contribution in [1.29, 1.82) is 0 Å². The molecular weight excluding hydrogens is 505 g/mol. The molecule has 0 aliphatic heterocycles. The Morgan fingerprint density at radius 3 is 1.61 bits per heavy atom. The topological polar surface area (TPSA) is 0 Å². The summed E-state index contributed by atoms with van der Waals surface area (Å²) < 4.78 is 12.8. The van der Waals surface area contributed by atoms with E-state index in [0.717, 1.165) is 23.8 Å². The molecule has 2 aliphatic carbocycles. The van der Waals surface area contributed by atoms with Crippen molar-refractivity contribution >= 4 is 17.0 Å². The van der Waals surface area contributed by atoms with Crippen LogP contribution in [0.4, 0.5) is 4.39 Å². The van der Waals surface area contributed by atoms with Crippen molar-refractivity contribution < 1.29 is 25.2 Å². The first-order chi connectivity index (χ1) is 14.1. The number of benzene rings is 2. The standard InChI is InChI=1S/C13H18.C12H15F.2CH3.2ClH.Zr/c1-11-5-4-8-13(9-11)10-12-6-2-3-7-12;13-12-7-3-6-11(9-12)8-10-4-1-2-5-10;;;;;/h4-5,8-9,12H,2-3,6-7,10H2,1H3;3,6-7,9-10H,1-2,4-5,8H2;2*1H3;2*1H;/q;;2*-1;;;+4/p-2. The molecule has 0 amide bonds. The Labute approximate surface area is 210 Å². The van der Waals surface area contributed by atoms with Gasteiger partial charge in [-0.3, -0.25) is 0 Å². The first-order valence-electron chi connectivity index (χ1n) is 10.9. The molecular formula is C27H39Cl2FZr. The molecule has 2 aromatic carbocycles. The molecule has 31 heavy (non-hydrogen) atoms. The molecule has 4 rings (SSSR count). The Balaban J connectivity index is 0.000000488. The van der Waals surface area contributed by atoms with Crippen molar-refractivity contribution in [2.45, 2.75) is 71.1 Å². The summed E-state index contributed by atoms with van der Waals surface area (Å²) in [6.45, 7) is 2.18. The molecule has 0 radical (unpaired) electrons. The van der Waals surface area contributed by atoms with Crippen LogP contribution in [-0.4, -0.2) is 0 Å². The van der Waals surface area contributed by atoms with Crippen LogP contribution in [-0.2, 0) is 33.7 Å². The minimum absolute atomic E-state index is 0. The van der Waals surface area contributed by atoms with Crippen LogP contribution < -0.4 is 0 Å². The molecule has 0 N–H and O–H groups in total. The van der Waals surface area contributed by atoms with E-state index in [2.05, 4.69) is 31.2 Å². The molecule has 172 valence electrons. The molecule has 2 saturated carbocycles. The molecule has 0 unspecified atom stereocenters. The van der Waals surface area contributed by atoms with E-state index in [4.69, 9.17) is 17.0 Å². The van der Waals surface area contributed by atoms with Crippen LogP contribution >= 0.6 is 17.0 Å². The fourth-order valence-electron chi connectivity index (χ4n) is 4.60. The number of halogens is 3. The van der Waals surface area contributed by atoms with Gasteiger partial charge in [-0.1, -0.05) is 93.3 Å². The molecule has 2 aliphatic rings. The fraction of sp³-hybridized carbons (Fsp3) is 0.481. The van der Waals surface area contributed by atoms with Gasteiger partial charge in [0.15, 0.2) is 0 Å². The predicted octanol–water partition coefficient (Wildman–Crippen LogP) is 9.56. The molecule has 2 aromatic rings. The van der Waals surface area contributed by atoms with Crippen LogP contribution in [0.1, 0.15) is 68.1 Å². The van der Waals surface area contributed by atoms with Crippen LogP contribution in [0.15, 0.2) is 48.5 Å². The summed E-state index contributed by atoms with van der Waals surface area (Å²) in [5.74, 6) is 1.68. The first-order valence-corrected chi connectivity index (χ1v) is 17.2. The van der Waals surface area contributed by atoms with Crippen LogP contribution in [0.25, 0.3) is 0 Å². The minimum atomic E-state index is -0.826. The summed E-state index contributed by atoms with van der Waals surface area (Å²) in [4.78, 5) is 0. The Hall–Kier alpha value is -0.167. The maximum absolute atomic E-state index is 12.8. The van der Waals surface area contributed by atoms with Gasteiger partial charge in [0.05, 0.1) is 0 Å². The van der Waals surface area contributed by atoms with Crippen molar-refractivity contribution in [2.24, 2.45) is 11.8 Å². The monoisotopic (exact) mass is 542 g/mol. The molecule has 0 saturated heterocycles. The second-order valence-corrected chi connectivity index (χ2v) is 12.1. The van der Waals surface area contributed by atoms with Gasteiger partial charge in [-0.15, -0.1) is 0 Å². The molecule has 0 heterocycles. The first kappa shape index (κ1) is 30.8. The van der Waals surface area contributed by atoms with Crippen molar-refractivity contribution in [3.8, 4) is 0 Å². The number of hydrogen-bond acceptors (Lipinski definition) is 0. The number of aryl methyl sites for hydroxylation is 1. The summed E-state index contributed by atoms with van der Waals surface area (Å²) in [6.07, 6.45) is 13.6. The van der Waals surface area contributed by atoms with Gasteiger partial charge in [0, 0.05) is 0 Å². The fourth-order valence-corrected chi connectivity index (χ4v) is 4.60. The number of hydrogen-bond donors (Lipinski definition) is 0. The van der Waals surface area contributed by atoms with Gasteiger partial charge >= 0.3 is 37.9 Å². The second kappa shape index (κ2) is 18.3. The average molecular weight is 545 g/mol. The Bertz CT molecular complexity index is 636. The van der Waals surface area contributed by atoms with Crippen molar-refractivity contribution in [1.82, 2.24) is 0 Å². The van der Waals surface area contributed by atoms with E-state index in [9.17, 15) is 4.39 Å². The quantitative estimate of drug-likeness (QED) is 0.336. The van der Waals surface area contributed by atoms with Gasteiger partial charge < -0.3 is 14.9 Å². The van der Waals surface area contributed by atoms with Gasteiger partial charge in [0.2, 0.25) is 0 Å². The van der Waals surface area contributed by atoms with Gasteiger partial charge in [-0.2, -0.15) is 0 Å². The third-order valence-electron chi connectivity index (χ3n) is 5.97. The maximum atomic E-state index is 12.8. The molecule has 0 aromatic heterocycles. The van der Waals surface area contributed by atoms with Crippen molar-refractivity contribution in [2.75, 3.05) is 0 Å². The van der Waals surface area contributed by atoms with E-state index >= 15 is 0 Å². The molecule has 2 fully saturated rings. The zero-order valence-electron chi connectivity index (χ0n) is 19.5. The summed E-state index contributed by atoms with van der Waals surface area (Å²) in [5.41, 5.74) is 4.09. The Morgan fingerprint density at radius 1 is 0.774 bits per heavy atom. The van der Waals surface area contributed by atoms with Crippen molar-refractivity contribution in [3.63, 3.8) is 0 Å². The third-order valence-corrected chi connectivity index (χ3v) is 5.97. The van der Waals surface area contributed by atoms with E-state index < -0.39 is 20.8 Å². The van der Waals surface area contributed by atoms with Crippen molar-refractivity contribution in [3.05, 3.63) is 85.9 Å². The predicted molar refractivity (Wildman–Crippen MR) is 133 cm³/mol. The van der Waals surface area contributed by atoms with E-state index in [1.165, 1.54) is 75.0 Å². The van der Waals surface area contributed by atoms with E-state index in [1.807, 2.05) is 6.07 Å². The van der Waals surface area contributed by atoms with Gasteiger partial charge in [-0.05, 0) is 54.9 Å².